The number of rotatable bonds is 7. The number of nitrogens with zero attached hydrogens (tertiary/aromatic N) is 3. The van der Waals surface area contributed by atoms with Gasteiger partial charge in [-0.1, -0.05) is 97.3 Å². The Balaban J connectivity index is 1.32. The smallest absolute Gasteiger partial charge is 0.266 e. The molecule has 6 rings (SSSR count). The van der Waals surface area contributed by atoms with E-state index in [1.165, 1.54) is 18.2 Å². The predicted molar refractivity (Wildman–Crippen MR) is 167 cm³/mol. The summed E-state index contributed by atoms with van der Waals surface area (Å²) in [6, 6.07) is 25.7. The Morgan fingerprint density at radius 3 is 2.55 bits per heavy atom. The van der Waals surface area contributed by atoms with Crippen molar-refractivity contribution in [3.63, 3.8) is 0 Å². The van der Waals surface area contributed by atoms with Crippen molar-refractivity contribution < 1.29 is 9.53 Å². The summed E-state index contributed by atoms with van der Waals surface area (Å²) in [5.74, 6) is 0.733. The number of amides is 1. The lowest BCUT2D eigenvalue weighted by Crippen LogP contribution is -2.39. The van der Waals surface area contributed by atoms with Crippen LogP contribution >= 0.6 is 35.6 Å². The second kappa shape index (κ2) is 12.0. The van der Waals surface area contributed by atoms with E-state index < -0.39 is 0 Å². The molecule has 1 saturated carbocycles. The van der Waals surface area contributed by atoms with Crippen molar-refractivity contribution in [1.29, 1.82) is 0 Å². The van der Waals surface area contributed by atoms with Crippen LogP contribution < -0.4 is 4.74 Å². The molecule has 2 aliphatic rings. The van der Waals surface area contributed by atoms with Crippen molar-refractivity contribution in [2.24, 2.45) is 0 Å². The van der Waals surface area contributed by atoms with E-state index in [1.54, 1.807) is 0 Å². The zero-order valence-electron chi connectivity index (χ0n) is 21.8. The lowest BCUT2D eigenvalue weighted by molar-refractivity contribution is -0.124. The van der Waals surface area contributed by atoms with Gasteiger partial charge in [0, 0.05) is 28.4 Å². The highest BCUT2D eigenvalue weighted by Gasteiger charge is 2.37. The Labute approximate surface area is 248 Å². The Kier molecular flexibility index (Phi) is 8.05. The molecule has 40 heavy (non-hydrogen) atoms. The van der Waals surface area contributed by atoms with E-state index in [0.29, 0.717) is 20.9 Å². The molecule has 0 radical (unpaired) electrons. The molecule has 4 aromatic rings. The summed E-state index contributed by atoms with van der Waals surface area (Å²) >= 11 is 13.1. The van der Waals surface area contributed by atoms with Gasteiger partial charge in [0.15, 0.2) is 0 Å². The number of carbonyl (C=O) groups is 1. The normalized spacial score (nSPS) is 17.1. The molecular formula is C32H28ClN3O2S2. The fourth-order valence-corrected chi connectivity index (χ4v) is 6.70. The average molecular weight is 586 g/mol. The Bertz CT molecular complexity index is 1560. The van der Waals surface area contributed by atoms with Gasteiger partial charge in [-0.15, -0.1) is 0 Å². The minimum Gasteiger partial charge on any atom is -0.489 e. The van der Waals surface area contributed by atoms with E-state index in [-0.39, 0.29) is 11.9 Å². The quantitative estimate of drug-likeness (QED) is 0.161. The molecule has 1 aliphatic carbocycles. The molecule has 202 valence electrons. The van der Waals surface area contributed by atoms with Crippen LogP contribution in [0.4, 0.5) is 0 Å². The van der Waals surface area contributed by atoms with Crippen LogP contribution in [-0.4, -0.2) is 30.9 Å². The van der Waals surface area contributed by atoms with Crippen LogP contribution in [-0.2, 0) is 11.4 Å². The molecule has 3 aromatic carbocycles. The van der Waals surface area contributed by atoms with Crippen LogP contribution in [0.3, 0.4) is 0 Å². The average Bonchev–Trinajstić information content (AvgIpc) is 3.53. The highest BCUT2D eigenvalue weighted by atomic mass is 35.5. The van der Waals surface area contributed by atoms with Crippen LogP contribution in [0.25, 0.3) is 23.0 Å². The highest BCUT2D eigenvalue weighted by molar-refractivity contribution is 8.26. The summed E-state index contributed by atoms with van der Waals surface area (Å²) in [7, 11) is 0. The summed E-state index contributed by atoms with van der Waals surface area (Å²) in [5, 5.41) is 5.65. The molecular weight excluding hydrogens is 558 g/mol. The van der Waals surface area contributed by atoms with Gasteiger partial charge in [0.25, 0.3) is 5.91 Å². The number of carbonyl (C=O) groups excluding carboxylic acids is 1. The number of thioether (sulfide) groups is 1. The molecule has 0 unspecified atom stereocenters. The standard InChI is InChI=1S/C32H28ClN3O2S2/c33-25-16-14-22(15-17-25)21-38-28-13-7-8-23(18-28)30-24(20-35(34-30)26-9-3-1-4-10-26)19-29-31(37)36(32(39)40-29)27-11-5-2-6-12-27/h1,3-4,7-10,13-20,27H,2,5-6,11-12,21H2/b29-19-. The maximum atomic E-state index is 13.5. The molecule has 0 spiro atoms. The number of benzene rings is 3. The van der Waals surface area contributed by atoms with Crippen molar-refractivity contribution in [2.45, 2.75) is 44.8 Å². The first kappa shape index (κ1) is 26.8. The van der Waals surface area contributed by atoms with Crippen molar-refractivity contribution >= 4 is 51.9 Å². The van der Waals surface area contributed by atoms with Crippen LogP contribution in [0, 0.1) is 0 Å². The Hall–Kier alpha value is -3.39. The van der Waals surface area contributed by atoms with E-state index in [9.17, 15) is 4.79 Å². The third-order valence-corrected chi connectivity index (χ3v) is 8.82. The first-order valence-electron chi connectivity index (χ1n) is 13.4. The molecule has 0 bridgehead atoms. The first-order chi connectivity index (χ1) is 19.5. The third kappa shape index (κ3) is 5.87. The SMILES string of the molecule is O=C1/C(=C/c2cn(-c3ccccc3)nc2-c2cccc(OCc3ccc(Cl)cc3)c2)SC(=S)N1C1CCCCC1. The van der Waals surface area contributed by atoms with Crippen molar-refractivity contribution in [2.75, 3.05) is 0 Å². The molecule has 0 N–H and O–H groups in total. The Morgan fingerprint density at radius 1 is 1.00 bits per heavy atom. The number of ether oxygens (including phenoxy) is 1. The third-order valence-electron chi connectivity index (χ3n) is 7.24. The number of aromatic nitrogens is 2. The van der Waals surface area contributed by atoms with Gasteiger partial charge in [0.05, 0.1) is 10.6 Å². The summed E-state index contributed by atoms with van der Waals surface area (Å²) in [5.41, 5.74) is 4.49. The van der Waals surface area contributed by atoms with Gasteiger partial charge in [-0.25, -0.2) is 4.68 Å². The highest BCUT2D eigenvalue weighted by Crippen LogP contribution is 2.38. The number of thiocarbonyl (C=S) groups is 1. The van der Waals surface area contributed by atoms with Gasteiger partial charge < -0.3 is 4.74 Å². The zero-order chi connectivity index (χ0) is 27.5. The van der Waals surface area contributed by atoms with Crippen LogP contribution in [0.2, 0.25) is 5.02 Å². The first-order valence-corrected chi connectivity index (χ1v) is 15.1. The number of hydrogen-bond donors (Lipinski definition) is 0. The van der Waals surface area contributed by atoms with Gasteiger partial charge in [-0.2, -0.15) is 5.10 Å². The van der Waals surface area contributed by atoms with Crippen molar-refractivity contribution in [3.05, 3.63) is 106 Å². The fourth-order valence-electron chi connectivity index (χ4n) is 5.19. The minimum atomic E-state index is 0.000333. The lowest BCUT2D eigenvalue weighted by Gasteiger charge is -2.29. The zero-order valence-corrected chi connectivity index (χ0v) is 24.2. The molecule has 1 aliphatic heterocycles. The van der Waals surface area contributed by atoms with E-state index in [4.69, 9.17) is 33.7 Å². The van der Waals surface area contributed by atoms with Gasteiger partial charge in [-0.05, 0) is 60.9 Å². The number of halogens is 1. The topological polar surface area (TPSA) is 47.4 Å². The maximum Gasteiger partial charge on any atom is 0.266 e. The predicted octanol–water partition coefficient (Wildman–Crippen LogP) is 8.31. The Morgan fingerprint density at radius 2 is 1.77 bits per heavy atom. The monoisotopic (exact) mass is 585 g/mol. The molecule has 2 fully saturated rings. The summed E-state index contributed by atoms with van der Waals surface area (Å²) in [4.78, 5) is 16.0. The van der Waals surface area contributed by atoms with Gasteiger partial charge in [-0.3, -0.25) is 9.69 Å². The van der Waals surface area contributed by atoms with Crippen LogP contribution in [0.5, 0.6) is 5.75 Å². The fraction of sp³-hybridized carbons (Fsp3) is 0.219. The van der Waals surface area contributed by atoms with E-state index in [0.717, 1.165) is 59.5 Å². The molecule has 2 heterocycles. The van der Waals surface area contributed by atoms with Gasteiger partial charge in [0.2, 0.25) is 0 Å². The molecule has 5 nitrogen and oxygen atoms in total. The van der Waals surface area contributed by atoms with E-state index in [1.807, 2.05) is 101 Å². The molecule has 1 amide bonds. The van der Waals surface area contributed by atoms with Crippen LogP contribution in [0.15, 0.2) is 90.0 Å². The summed E-state index contributed by atoms with van der Waals surface area (Å²) in [6.07, 6.45) is 9.45. The van der Waals surface area contributed by atoms with Crippen molar-refractivity contribution in [3.8, 4) is 22.7 Å². The van der Waals surface area contributed by atoms with Crippen LogP contribution in [0.1, 0.15) is 43.2 Å². The molecule has 1 saturated heterocycles. The summed E-state index contributed by atoms with van der Waals surface area (Å²) in [6.45, 7) is 0.426. The van der Waals surface area contributed by atoms with E-state index >= 15 is 0 Å². The van der Waals surface area contributed by atoms with Crippen molar-refractivity contribution in [1.82, 2.24) is 14.7 Å². The maximum absolute atomic E-state index is 13.5. The lowest BCUT2D eigenvalue weighted by atomic mass is 9.94. The van der Waals surface area contributed by atoms with Gasteiger partial charge in [0.1, 0.15) is 22.4 Å². The second-order valence-corrected chi connectivity index (χ2v) is 12.1. The second-order valence-electron chi connectivity index (χ2n) is 10.00. The summed E-state index contributed by atoms with van der Waals surface area (Å²) < 4.78 is 8.60. The number of para-hydroxylation sites is 1. The molecule has 0 atom stereocenters. The number of hydrogen-bond acceptors (Lipinski definition) is 5. The molecule has 1 aromatic heterocycles. The minimum absolute atomic E-state index is 0.000333. The van der Waals surface area contributed by atoms with Gasteiger partial charge >= 0.3 is 0 Å². The van der Waals surface area contributed by atoms with E-state index in [2.05, 4.69) is 0 Å². The largest absolute Gasteiger partial charge is 0.489 e. The molecule has 8 heteroatoms.